The van der Waals surface area contributed by atoms with Gasteiger partial charge in [-0.1, -0.05) is 13.0 Å². The fraction of sp³-hybridized carbons (Fsp3) is 0.412. The number of amides is 1. The van der Waals surface area contributed by atoms with Crippen LogP contribution >= 0.6 is 0 Å². The highest BCUT2D eigenvalue weighted by atomic mass is 19.4. The van der Waals surface area contributed by atoms with Crippen LogP contribution in [0.25, 0.3) is 0 Å². The molecule has 0 radical (unpaired) electrons. The third kappa shape index (κ3) is 5.48. The maximum absolute atomic E-state index is 12.5. The van der Waals surface area contributed by atoms with E-state index in [1.54, 1.807) is 18.3 Å². The van der Waals surface area contributed by atoms with E-state index < -0.39 is 18.0 Å². The molecule has 6 nitrogen and oxygen atoms in total. The number of carbonyl (C=O) groups excluding carboxylic acids is 1. The largest absolute Gasteiger partial charge is 0.435 e. The number of aliphatic hydroxyl groups is 1. The molecule has 1 N–H and O–H groups in total. The van der Waals surface area contributed by atoms with Gasteiger partial charge in [-0.05, 0) is 24.6 Å². The van der Waals surface area contributed by atoms with Crippen LogP contribution in [0.3, 0.4) is 0 Å². The Kier molecular flexibility index (Phi) is 6.62. The fourth-order valence-electron chi connectivity index (χ4n) is 2.35. The number of aliphatic hydroxyl groups excluding tert-OH is 1. The molecule has 2 aromatic rings. The third-order valence-electron chi connectivity index (χ3n) is 3.65. The lowest BCUT2D eigenvalue weighted by Gasteiger charge is -2.25. The van der Waals surface area contributed by atoms with Crippen molar-refractivity contribution in [2.45, 2.75) is 32.0 Å². The molecule has 0 saturated heterocycles. The Hall–Kier alpha value is -2.55. The molecule has 0 aliphatic rings. The highest BCUT2D eigenvalue weighted by Gasteiger charge is 2.33. The van der Waals surface area contributed by atoms with Gasteiger partial charge in [0.2, 0.25) is 5.91 Å². The maximum atomic E-state index is 12.5. The van der Waals surface area contributed by atoms with Crippen molar-refractivity contribution >= 4 is 5.91 Å². The van der Waals surface area contributed by atoms with Crippen molar-refractivity contribution in [2.75, 3.05) is 13.1 Å². The lowest BCUT2D eigenvalue weighted by molar-refractivity contribution is -0.141. The van der Waals surface area contributed by atoms with Crippen LogP contribution in [0.4, 0.5) is 13.2 Å². The zero-order valence-electron chi connectivity index (χ0n) is 14.1. The van der Waals surface area contributed by atoms with Crippen LogP contribution in [0.1, 0.15) is 36.4 Å². The van der Waals surface area contributed by atoms with Crippen LogP contribution in [0.5, 0.6) is 0 Å². The van der Waals surface area contributed by atoms with Gasteiger partial charge in [0, 0.05) is 24.5 Å². The van der Waals surface area contributed by atoms with Crippen molar-refractivity contribution in [3.05, 3.63) is 53.6 Å². The van der Waals surface area contributed by atoms with Gasteiger partial charge in [0.1, 0.15) is 0 Å². The monoisotopic (exact) mass is 368 g/mol. The smallest absolute Gasteiger partial charge is 0.386 e. The standard InChI is InChI=1S/C17H19F3N4O2/c1-2-8-24(11-14(25)12-4-3-7-21-10-12)16(26)9-13-5-6-15(23-22-13)17(18,19)20/h3-7,10,14,25H,2,8-9,11H2,1H3. The minimum atomic E-state index is -4.57. The second kappa shape index (κ2) is 8.70. The summed E-state index contributed by atoms with van der Waals surface area (Å²) < 4.78 is 37.5. The Balaban J connectivity index is 2.03. The van der Waals surface area contributed by atoms with E-state index in [4.69, 9.17) is 0 Å². The quantitative estimate of drug-likeness (QED) is 0.812. The van der Waals surface area contributed by atoms with E-state index in [0.717, 1.165) is 12.1 Å². The molecular formula is C17H19F3N4O2. The number of hydrogen-bond donors (Lipinski definition) is 1. The summed E-state index contributed by atoms with van der Waals surface area (Å²) in [6.07, 6.45) is -1.90. The molecule has 2 aromatic heterocycles. The molecule has 2 heterocycles. The van der Waals surface area contributed by atoms with Crippen molar-refractivity contribution in [1.29, 1.82) is 0 Å². The Morgan fingerprint density at radius 1 is 1.27 bits per heavy atom. The van der Waals surface area contributed by atoms with Crippen LogP contribution in [-0.4, -0.2) is 44.2 Å². The number of rotatable bonds is 7. The number of pyridine rings is 1. The van der Waals surface area contributed by atoms with Gasteiger partial charge in [0.15, 0.2) is 5.69 Å². The summed E-state index contributed by atoms with van der Waals surface area (Å²) in [6.45, 7) is 2.35. The van der Waals surface area contributed by atoms with Crippen molar-refractivity contribution in [3.63, 3.8) is 0 Å². The molecule has 0 fully saturated rings. The number of hydrogen-bond acceptors (Lipinski definition) is 5. The molecule has 140 valence electrons. The Labute approximate surface area is 148 Å². The van der Waals surface area contributed by atoms with Gasteiger partial charge in [0.25, 0.3) is 0 Å². The first-order chi connectivity index (χ1) is 12.3. The highest BCUT2D eigenvalue weighted by molar-refractivity contribution is 5.78. The average Bonchev–Trinajstić information content (AvgIpc) is 2.61. The van der Waals surface area contributed by atoms with Crippen LogP contribution in [0.2, 0.25) is 0 Å². The molecule has 0 saturated carbocycles. The zero-order chi connectivity index (χ0) is 19.2. The summed E-state index contributed by atoms with van der Waals surface area (Å²) in [6, 6.07) is 5.32. The number of carbonyl (C=O) groups is 1. The van der Waals surface area contributed by atoms with E-state index in [1.807, 2.05) is 6.92 Å². The number of alkyl halides is 3. The predicted molar refractivity (Wildman–Crippen MR) is 86.8 cm³/mol. The fourth-order valence-corrected chi connectivity index (χ4v) is 2.35. The molecule has 1 unspecified atom stereocenters. The van der Waals surface area contributed by atoms with Gasteiger partial charge in [0.05, 0.1) is 24.8 Å². The average molecular weight is 368 g/mol. The van der Waals surface area contributed by atoms with Gasteiger partial charge in [-0.2, -0.15) is 18.3 Å². The molecule has 0 aromatic carbocycles. The summed E-state index contributed by atoms with van der Waals surface area (Å²) in [5.74, 6) is -0.344. The van der Waals surface area contributed by atoms with E-state index >= 15 is 0 Å². The van der Waals surface area contributed by atoms with Crippen LogP contribution in [0.15, 0.2) is 36.7 Å². The summed E-state index contributed by atoms with van der Waals surface area (Å²) >= 11 is 0. The Morgan fingerprint density at radius 3 is 2.58 bits per heavy atom. The topological polar surface area (TPSA) is 79.2 Å². The minimum Gasteiger partial charge on any atom is -0.386 e. The molecule has 1 amide bonds. The first kappa shape index (κ1) is 19.8. The minimum absolute atomic E-state index is 0.0619. The maximum Gasteiger partial charge on any atom is 0.435 e. The van der Waals surface area contributed by atoms with Gasteiger partial charge in [-0.15, -0.1) is 5.10 Å². The lowest BCUT2D eigenvalue weighted by atomic mass is 10.1. The van der Waals surface area contributed by atoms with E-state index in [1.165, 1.54) is 11.1 Å². The van der Waals surface area contributed by atoms with Crippen LogP contribution in [-0.2, 0) is 17.4 Å². The molecule has 9 heteroatoms. The second-order valence-electron chi connectivity index (χ2n) is 5.73. The summed E-state index contributed by atoms with van der Waals surface area (Å²) in [5, 5.41) is 16.9. The van der Waals surface area contributed by atoms with Crippen molar-refractivity contribution in [3.8, 4) is 0 Å². The van der Waals surface area contributed by atoms with Crippen molar-refractivity contribution < 1.29 is 23.1 Å². The van der Waals surface area contributed by atoms with Gasteiger partial charge in [-0.3, -0.25) is 9.78 Å². The first-order valence-electron chi connectivity index (χ1n) is 8.06. The molecule has 1 atom stereocenters. The zero-order valence-corrected chi connectivity index (χ0v) is 14.1. The molecule has 0 aliphatic carbocycles. The Morgan fingerprint density at radius 2 is 2.04 bits per heavy atom. The highest BCUT2D eigenvalue weighted by Crippen LogP contribution is 2.26. The van der Waals surface area contributed by atoms with E-state index in [-0.39, 0.29) is 24.6 Å². The van der Waals surface area contributed by atoms with Crippen molar-refractivity contribution in [2.24, 2.45) is 0 Å². The molecule has 0 spiro atoms. The van der Waals surface area contributed by atoms with Gasteiger partial charge < -0.3 is 10.0 Å². The molecule has 0 aliphatic heterocycles. The van der Waals surface area contributed by atoms with E-state index in [9.17, 15) is 23.1 Å². The van der Waals surface area contributed by atoms with Crippen molar-refractivity contribution in [1.82, 2.24) is 20.1 Å². The normalized spacial score (nSPS) is 12.7. The summed E-state index contributed by atoms with van der Waals surface area (Å²) in [4.78, 5) is 17.8. The Bertz CT molecular complexity index is 708. The summed E-state index contributed by atoms with van der Waals surface area (Å²) in [7, 11) is 0. The first-order valence-corrected chi connectivity index (χ1v) is 8.06. The summed E-state index contributed by atoms with van der Waals surface area (Å²) in [5.41, 5.74) is -0.387. The number of aromatic nitrogens is 3. The number of nitrogens with zero attached hydrogens (tertiary/aromatic N) is 4. The van der Waals surface area contributed by atoms with Gasteiger partial charge >= 0.3 is 6.18 Å². The van der Waals surface area contributed by atoms with Crippen LogP contribution < -0.4 is 0 Å². The van der Waals surface area contributed by atoms with E-state index in [2.05, 4.69) is 15.2 Å². The predicted octanol–water partition coefficient (Wildman–Crippen LogP) is 2.41. The molecule has 0 bridgehead atoms. The third-order valence-corrected chi connectivity index (χ3v) is 3.65. The second-order valence-corrected chi connectivity index (χ2v) is 5.73. The molecule has 26 heavy (non-hydrogen) atoms. The van der Waals surface area contributed by atoms with E-state index in [0.29, 0.717) is 18.5 Å². The molecule has 2 rings (SSSR count). The molecular weight excluding hydrogens is 349 g/mol. The SMILES string of the molecule is CCCN(CC(O)c1cccnc1)C(=O)Cc1ccc(C(F)(F)F)nn1. The number of halogens is 3. The van der Waals surface area contributed by atoms with Crippen LogP contribution in [0, 0.1) is 0 Å². The lowest BCUT2D eigenvalue weighted by Crippen LogP contribution is -2.36. The van der Waals surface area contributed by atoms with Gasteiger partial charge in [-0.25, -0.2) is 0 Å².